The van der Waals surface area contributed by atoms with E-state index in [1.54, 1.807) is 0 Å². The molecule has 0 fully saturated rings. The summed E-state index contributed by atoms with van der Waals surface area (Å²) in [5.74, 6) is 2.92. The number of nitrogens with zero attached hydrogens (tertiary/aromatic N) is 2. The molecule has 0 aromatic heterocycles. The molecule has 0 radical (unpaired) electrons. The molecule has 146 valence electrons. The molecule has 3 aliphatic rings. The molecule has 0 N–H and O–H groups in total. The zero-order valence-corrected chi connectivity index (χ0v) is 16.5. The Balaban J connectivity index is 1.47. The molecular formula is C23H26N2O3. The van der Waals surface area contributed by atoms with Crippen LogP contribution in [0.5, 0.6) is 17.2 Å². The first-order chi connectivity index (χ1) is 13.7. The van der Waals surface area contributed by atoms with Gasteiger partial charge in [-0.3, -0.25) is 9.80 Å². The Morgan fingerprint density at radius 1 is 0.964 bits per heavy atom. The molecule has 0 amide bonds. The number of benzene rings is 2. The van der Waals surface area contributed by atoms with Gasteiger partial charge in [0.15, 0.2) is 0 Å². The molecule has 0 spiro atoms. The van der Waals surface area contributed by atoms with Gasteiger partial charge in [-0.2, -0.15) is 0 Å². The van der Waals surface area contributed by atoms with Crippen molar-refractivity contribution in [2.24, 2.45) is 0 Å². The Morgan fingerprint density at radius 3 is 2.71 bits per heavy atom. The zero-order valence-electron chi connectivity index (χ0n) is 16.5. The van der Waals surface area contributed by atoms with Gasteiger partial charge in [0.2, 0.25) is 0 Å². The molecule has 5 rings (SSSR count). The summed E-state index contributed by atoms with van der Waals surface area (Å²) < 4.78 is 18.0. The van der Waals surface area contributed by atoms with E-state index < -0.39 is 0 Å². The van der Waals surface area contributed by atoms with E-state index in [1.165, 1.54) is 22.3 Å². The van der Waals surface area contributed by atoms with Crippen molar-refractivity contribution in [3.05, 3.63) is 52.6 Å². The van der Waals surface area contributed by atoms with Gasteiger partial charge in [0.25, 0.3) is 0 Å². The third-order valence-corrected chi connectivity index (χ3v) is 5.59. The maximum absolute atomic E-state index is 6.26. The first-order valence-electron chi connectivity index (χ1n) is 10.0. The average molecular weight is 378 g/mol. The molecule has 28 heavy (non-hydrogen) atoms. The van der Waals surface area contributed by atoms with Gasteiger partial charge in [-0.25, -0.2) is 0 Å². The van der Waals surface area contributed by atoms with Crippen LogP contribution in [0.3, 0.4) is 0 Å². The fourth-order valence-electron chi connectivity index (χ4n) is 4.19. The van der Waals surface area contributed by atoms with Gasteiger partial charge in [-0.05, 0) is 54.9 Å². The van der Waals surface area contributed by atoms with E-state index in [2.05, 4.69) is 60.2 Å². The Morgan fingerprint density at radius 2 is 1.82 bits per heavy atom. The lowest BCUT2D eigenvalue weighted by atomic mass is 9.96. The first kappa shape index (κ1) is 17.6. The Hall–Kier alpha value is -2.50. The van der Waals surface area contributed by atoms with Crippen LogP contribution in [-0.4, -0.2) is 43.5 Å². The molecule has 0 saturated carbocycles. The van der Waals surface area contributed by atoms with Gasteiger partial charge in [0, 0.05) is 30.8 Å². The molecule has 0 aliphatic carbocycles. The van der Waals surface area contributed by atoms with Gasteiger partial charge in [0.05, 0.1) is 5.56 Å². The number of rotatable bonds is 3. The Labute approximate surface area is 166 Å². The quantitative estimate of drug-likeness (QED) is 0.808. The van der Waals surface area contributed by atoms with Gasteiger partial charge in [0.1, 0.15) is 37.3 Å². The van der Waals surface area contributed by atoms with Crippen molar-refractivity contribution in [3.8, 4) is 17.2 Å². The van der Waals surface area contributed by atoms with E-state index in [-0.39, 0.29) is 0 Å². The second kappa shape index (κ2) is 7.15. The molecule has 2 aromatic carbocycles. The Bertz CT molecular complexity index is 938. The van der Waals surface area contributed by atoms with Gasteiger partial charge < -0.3 is 14.2 Å². The zero-order chi connectivity index (χ0) is 19.1. The van der Waals surface area contributed by atoms with Crippen LogP contribution in [-0.2, 0) is 13.1 Å². The molecular weight excluding hydrogens is 352 g/mol. The van der Waals surface area contributed by atoms with Gasteiger partial charge in [-0.15, -0.1) is 0 Å². The smallest absolute Gasteiger partial charge is 0.142 e. The molecule has 5 heteroatoms. The summed E-state index contributed by atoms with van der Waals surface area (Å²) in [4.78, 5) is 4.49. The minimum absolute atomic E-state index is 0.576. The standard InChI is InChI=1S/C23H26N2O3/c1-3-8-25-12-20-22(28-15-25)7-5-17-10-19(13-26-23(17)20)16-4-6-21-18(9-16)11-24(2)14-27-21/h4-7,9-10H,3,8,11-15H2,1-2H3. The van der Waals surface area contributed by atoms with E-state index in [1.807, 2.05) is 0 Å². The van der Waals surface area contributed by atoms with Crippen LogP contribution in [0.15, 0.2) is 30.3 Å². The molecule has 0 atom stereocenters. The lowest BCUT2D eigenvalue weighted by molar-refractivity contribution is 0.0933. The second-order valence-electron chi connectivity index (χ2n) is 7.85. The highest BCUT2D eigenvalue weighted by Gasteiger charge is 2.25. The predicted molar refractivity (Wildman–Crippen MR) is 109 cm³/mol. The van der Waals surface area contributed by atoms with Crippen LogP contribution in [0.4, 0.5) is 0 Å². The predicted octanol–water partition coefficient (Wildman–Crippen LogP) is 3.96. The number of fused-ring (bicyclic) bond motifs is 4. The van der Waals surface area contributed by atoms with Crippen LogP contribution in [0.25, 0.3) is 11.6 Å². The Kier molecular flexibility index (Phi) is 4.49. The first-order valence-corrected chi connectivity index (χ1v) is 10.0. The minimum atomic E-state index is 0.576. The second-order valence-corrected chi connectivity index (χ2v) is 7.85. The fourth-order valence-corrected chi connectivity index (χ4v) is 4.19. The van der Waals surface area contributed by atoms with Crippen LogP contribution < -0.4 is 14.2 Å². The molecule has 3 heterocycles. The van der Waals surface area contributed by atoms with Crippen molar-refractivity contribution >= 4 is 11.6 Å². The van der Waals surface area contributed by atoms with Crippen LogP contribution in [0, 0.1) is 0 Å². The van der Waals surface area contributed by atoms with E-state index in [0.717, 1.165) is 48.9 Å². The highest BCUT2D eigenvalue weighted by molar-refractivity contribution is 5.87. The summed E-state index contributed by atoms with van der Waals surface area (Å²) in [7, 11) is 2.07. The monoisotopic (exact) mass is 378 g/mol. The van der Waals surface area contributed by atoms with E-state index in [0.29, 0.717) is 20.1 Å². The van der Waals surface area contributed by atoms with Crippen LogP contribution in [0.2, 0.25) is 0 Å². The molecule has 0 unspecified atom stereocenters. The van der Waals surface area contributed by atoms with Crippen molar-refractivity contribution in [2.75, 3.05) is 33.7 Å². The molecule has 5 nitrogen and oxygen atoms in total. The number of hydrogen-bond acceptors (Lipinski definition) is 5. The van der Waals surface area contributed by atoms with Crippen molar-refractivity contribution in [1.29, 1.82) is 0 Å². The normalized spacial score (nSPS) is 18.7. The highest BCUT2D eigenvalue weighted by atomic mass is 16.5. The van der Waals surface area contributed by atoms with Crippen molar-refractivity contribution in [1.82, 2.24) is 9.80 Å². The molecule has 0 bridgehead atoms. The van der Waals surface area contributed by atoms with Crippen LogP contribution >= 0.6 is 0 Å². The van der Waals surface area contributed by atoms with Gasteiger partial charge >= 0.3 is 0 Å². The van der Waals surface area contributed by atoms with Gasteiger partial charge in [-0.1, -0.05) is 13.0 Å². The fraction of sp³-hybridized carbons (Fsp3) is 0.391. The van der Waals surface area contributed by atoms with Crippen molar-refractivity contribution in [3.63, 3.8) is 0 Å². The summed E-state index contributed by atoms with van der Waals surface area (Å²) in [6.45, 7) is 6.91. The van der Waals surface area contributed by atoms with E-state index in [4.69, 9.17) is 14.2 Å². The average Bonchev–Trinajstić information content (AvgIpc) is 2.73. The van der Waals surface area contributed by atoms with Crippen LogP contribution in [0.1, 0.15) is 35.6 Å². The molecule has 0 saturated heterocycles. The number of ether oxygens (including phenoxy) is 3. The van der Waals surface area contributed by atoms with Crippen molar-refractivity contribution in [2.45, 2.75) is 26.4 Å². The van der Waals surface area contributed by atoms with E-state index in [9.17, 15) is 0 Å². The summed E-state index contributed by atoms with van der Waals surface area (Å²) in [6, 6.07) is 10.6. The summed E-state index contributed by atoms with van der Waals surface area (Å²) in [5, 5.41) is 0. The largest absolute Gasteiger partial charge is 0.488 e. The third-order valence-electron chi connectivity index (χ3n) is 5.59. The lowest BCUT2D eigenvalue weighted by Gasteiger charge is -2.31. The maximum atomic E-state index is 6.26. The molecule has 3 aliphatic heterocycles. The number of hydrogen-bond donors (Lipinski definition) is 0. The topological polar surface area (TPSA) is 34.2 Å². The SMILES string of the molecule is CCCN1COc2ccc3c(c2C1)OCC(c1ccc2c(c1)CN(C)CO2)=C3. The maximum Gasteiger partial charge on any atom is 0.142 e. The lowest BCUT2D eigenvalue weighted by Crippen LogP contribution is -2.33. The third kappa shape index (κ3) is 3.15. The summed E-state index contributed by atoms with van der Waals surface area (Å²) in [6.07, 6.45) is 3.38. The highest BCUT2D eigenvalue weighted by Crippen LogP contribution is 2.41. The minimum Gasteiger partial charge on any atom is -0.488 e. The van der Waals surface area contributed by atoms with E-state index >= 15 is 0 Å². The molecule has 2 aromatic rings. The summed E-state index contributed by atoms with van der Waals surface area (Å²) >= 11 is 0. The van der Waals surface area contributed by atoms with Crippen molar-refractivity contribution < 1.29 is 14.2 Å². The summed E-state index contributed by atoms with van der Waals surface area (Å²) in [5.41, 5.74) is 5.93.